The van der Waals surface area contributed by atoms with Crippen LogP contribution in [0.3, 0.4) is 0 Å². The summed E-state index contributed by atoms with van der Waals surface area (Å²) in [5.41, 5.74) is 6.82. The standard InChI is InChI=1S/C16H16N4O/c17-10-12-9-11-5-1-2-6-13(11)19-16(12)20-8-4-3-7-14(20)15(18)21/h1-2,5-6,9,14H,3-4,7-8H2,(H2,18,21). The summed E-state index contributed by atoms with van der Waals surface area (Å²) in [7, 11) is 0. The van der Waals surface area contributed by atoms with E-state index in [0.717, 1.165) is 23.7 Å². The van der Waals surface area contributed by atoms with E-state index in [4.69, 9.17) is 5.73 Å². The summed E-state index contributed by atoms with van der Waals surface area (Å²) in [5.74, 6) is 0.216. The van der Waals surface area contributed by atoms with Crippen molar-refractivity contribution < 1.29 is 4.79 Å². The number of fused-ring (bicyclic) bond motifs is 1. The Bertz CT molecular complexity index is 735. The van der Waals surface area contributed by atoms with Crippen molar-refractivity contribution >= 4 is 22.6 Å². The number of rotatable bonds is 2. The summed E-state index contributed by atoms with van der Waals surface area (Å²) in [5, 5.41) is 10.3. The van der Waals surface area contributed by atoms with Gasteiger partial charge in [0.05, 0.1) is 11.1 Å². The fraction of sp³-hybridized carbons (Fsp3) is 0.312. The third-order valence-corrected chi connectivity index (χ3v) is 3.93. The molecular formula is C16H16N4O. The van der Waals surface area contributed by atoms with Crippen LogP contribution < -0.4 is 10.6 Å². The number of aromatic nitrogens is 1. The minimum atomic E-state index is -0.375. The van der Waals surface area contributed by atoms with Crippen molar-refractivity contribution in [3.05, 3.63) is 35.9 Å². The molecule has 1 fully saturated rings. The van der Waals surface area contributed by atoms with E-state index in [1.165, 1.54) is 0 Å². The minimum Gasteiger partial charge on any atom is -0.368 e. The number of carbonyl (C=O) groups excluding carboxylic acids is 1. The fourth-order valence-electron chi connectivity index (χ4n) is 2.89. The monoisotopic (exact) mass is 280 g/mol. The lowest BCUT2D eigenvalue weighted by Crippen LogP contribution is -2.48. The van der Waals surface area contributed by atoms with Gasteiger partial charge >= 0.3 is 0 Å². The molecule has 1 aliphatic heterocycles. The van der Waals surface area contributed by atoms with Crippen LogP contribution in [0.2, 0.25) is 0 Å². The molecule has 106 valence electrons. The summed E-state index contributed by atoms with van der Waals surface area (Å²) in [6.45, 7) is 0.702. The molecule has 1 aromatic heterocycles. The molecule has 0 saturated carbocycles. The van der Waals surface area contributed by atoms with Crippen molar-refractivity contribution in [2.24, 2.45) is 5.73 Å². The van der Waals surface area contributed by atoms with Crippen molar-refractivity contribution in [2.75, 3.05) is 11.4 Å². The quantitative estimate of drug-likeness (QED) is 0.911. The number of benzene rings is 1. The van der Waals surface area contributed by atoms with Gasteiger partial charge in [0.1, 0.15) is 17.9 Å². The van der Waals surface area contributed by atoms with Crippen LogP contribution in [-0.4, -0.2) is 23.5 Å². The van der Waals surface area contributed by atoms with Crippen molar-refractivity contribution in [1.82, 2.24) is 4.98 Å². The Labute approximate surface area is 123 Å². The van der Waals surface area contributed by atoms with Gasteiger partial charge < -0.3 is 10.6 Å². The van der Waals surface area contributed by atoms with E-state index in [1.54, 1.807) is 0 Å². The molecule has 2 N–H and O–H groups in total. The van der Waals surface area contributed by atoms with E-state index < -0.39 is 0 Å². The lowest BCUT2D eigenvalue weighted by Gasteiger charge is -2.35. The summed E-state index contributed by atoms with van der Waals surface area (Å²) in [6, 6.07) is 11.3. The van der Waals surface area contributed by atoms with Crippen molar-refractivity contribution in [2.45, 2.75) is 25.3 Å². The van der Waals surface area contributed by atoms with Crippen LogP contribution in [0.25, 0.3) is 10.9 Å². The van der Waals surface area contributed by atoms with Crippen LogP contribution in [0.1, 0.15) is 24.8 Å². The second-order valence-electron chi connectivity index (χ2n) is 5.27. The summed E-state index contributed by atoms with van der Waals surface area (Å²) in [4.78, 5) is 18.2. The van der Waals surface area contributed by atoms with Gasteiger partial charge in [-0.25, -0.2) is 4.98 Å². The van der Waals surface area contributed by atoms with Gasteiger partial charge in [0.2, 0.25) is 5.91 Å². The highest BCUT2D eigenvalue weighted by atomic mass is 16.1. The molecule has 0 aliphatic carbocycles. The Morgan fingerprint density at radius 1 is 1.38 bits per heavy atom. The van der Waals surface area contributed by atoms with Crippen LogP contribution in [-0.2, 0) is 4.79 Å². The number of amides is 1. The molecule has 1 unspecified atom stereocenters. The molecule has 5 heteroatoms. The smallest absolute Gasteiger partial charge is 0.240 e. The van der Waals surface area contributed by atoms with E-state index in [0.29, 0.717) is 24.3 Å². The predicted molar refractivity (Wildman–Crippen MR) is 80.6 cm³/mol. The Balaban J connectivity index is 2.13. The van der Waals surface area contributed by atoms with E-state index in [9.17, 15) is 10.1 Å². The Kier molecular flexibility index (Phi) is 3.44. The molecule has 2 heterocycles. The molecule has 0 radical (unpaired) electrons. The van der Waals surface area contributed by atoms with Gasteiger partial charge in [-0.3, -0.25) is 4.79 Å². The lowest BCUT2D eigenvalue weighted by atomic mass is 10.0. The van der Waals surface area contributed by atoms with Gasteiger partial charge in [0.15, 0.2) is 0 Å². The maximum Gasteiger partial charge on any atom is 0.240 e. The van der Waals surface area contributed by atoms with Crippen LogP contribution in [0.15, 0.2) is 30.3 Å². The van der Waals surface area contributed by atoms with Crippen LogP contribution >= 0.6 is 0 Å². The van der Waals surface area contributed by atoms with Gasteiger partial charge in [-0.15, -0.1) is 0 Å². The number of hydrogen-bond donors (Lipinski definition) is 1. The van der Waals surface area contributed by atoms with Crippen LogP contribution in [0, 0.1) is 11.3 Å². The molecule has 21 heavy (non-hydrogen) atoms. The summed E-state index contributed by atoms with van der Waals surface area (Å²) in [6.07, 6.45) is 2.66. The molecule has 1 amide bonds. The second-order valence-corrected chi connectivity index (χ2v) is 5.27. The Hall–Kier alpha value is -2.61. The molecule has 3 rings (SSSR count). The predicted octanol–water partition coefficient (Wildman–Crippen LogP) is 1.95. The largest absolute Gasteiger partial charge is 0.368 e. The number of para-hydroxylation sites is 1. The third kappa shape index (κ3) is 2.40. The van der Waals surface area contributed by atoms with Crippen molar-refractivity contribution in [1.29, 1.82) is 5.26 Å². The number of nitrogens with zero attached hydrogens (tertiary/aromatic N) is 3. The first-order chi connectivity index (χ1) is 10.2. The maximum absolute atomic E-state index is 11.7. The maximum atomic E-state index is 11.7. The van der Waals surface area contributed by atoms with Gasteiger partial charge in [-0.1, -0.05) is 18.2 Å². The number of anilines is 1. The number of carbonyl (C=O) groups is 1. The Morgan fingerprint density at radius 2 is 2.19 bits per heavy atom. The van der Waals surface area contributed by atoms with Crippen LogP contribution in [0.5, 0.6) is 0 Å². The minimum absolute atomic E-state index is 0.353. The Morgan fingerprint density at radius 3 is 2.95 bits per heavy atom. The SMILES string of the molecule is N#Cc1cc2ccccc2nc1N1CCCCC1C(N)=O. The summed E-state index contributed by atoms with van der Waals surface area (Å²) < 4.78 is 0. The zero-order valence-electron chi connectivity index (χ0n) is 11.6. The van der Waals surface area contributed by atoms with Crippen LogP contribution in [0.4, 0.5) is 5.82 Å². The number of primary amides is 1. The van der Waals surface area contributed by atoms with Gasteiger partial charge in [-0.2, -0.15) is 5.26 Å². The van der Waals surface area contributed by atoms with Crippen molar-refractivity contribution in [3.8, 4) is 6.07 Å². The number of piperidine rings is 1. The van der Waals surface area contributed by atoms with E-state index in [1.807, 2.05) is 35.2 Å². The first-order valence-electron chi connectivity index (χ1n) is 7.06. The molecule has 1 aromatic carbocycles. The highest BCUT2D eigenvalue weighted by molar-refractivity contribution is 5.87. The molecule has 0 spiro atoms. The van der Waals surface area contributed by atoms with Gasteiger partial charge in [0.25, 0.3) is 0 Å². The highest BCUT2D eigenvalue weighted by Crippen LogP contribution is 2.28. The average molecular weight is 280 g/mol. The number of pyridine rings is 1. The molecular weight excluding hydrogens is 264 g/mol. The highest BCUT2D eigenvalue weighted by Gasteiger charge is 2.29. The molecule has 0 bridgehead atoms. The lowest BCUT2D eigenvalue weighted by molar-refractivity contribution is -0.119. The first-order valence-corrected chi connectivity index (χ1v) is 7.06. The van der Waals surface area contributed by atoms with E-state index >= 15 is 0 Å². The molecule has 1 saturated heterocycles. The van der Waals surface area contributed by atoms with Gasteiger partial charge in [-0.05, 0) is 31.4 Å². The number of hydrogen-bond acceptors (Lipinski definition) is 4. The third-order valence-electron chi connectivity index (χ3n) is 3.93. The van der Waals surface area contributed by atoms with Gasteiger partial charge in [0, 0.05) is 11.9 Å². The number of nitrogens with two attached hydrogens (primary N) is 1. The topological polar surface area (TPSA) is 83.0 Å². The normalized spacial score (nSPS) is 18.4. The zero-order valence-corrected chi connectivity index (χ0v) is 11.6. The van der Waals surface area contributed by atoms with E-state index in [2.05, 4.69) is 11.1 Å². The number of nitriles is 1. The average Bonchev–Trinajstić information content (AvgIpc) is 2.53. The second kappa shape index (κ2) is 5.41. The molecule has 5 nitrogen and oxygen atoms in total. The van der Waals surface area contributed by atoms with E-state index in [-0.39, 0.29) is 11.9 Å². The zero-order chi connectivity index (χ0) is 14.8. The molecule has 2 aromatic rings. The fourth-order valence-corrected chi connectivity index (χ4v) is 2.89. The van der Waals surface area contributed by atoms with Crippen molar-refractivity contribution in [3.63, 3.8) is 0 Å². The summed E-state index contributed by atoms with van der Waals surface area (Å²) >= 11 is 0. The molecule has 1 aliphatic rings. The molecule has 1 atom stereocenters. The first kappa shape index (κ1) is 13.4.